The van der Waals surface area contributed by atoms with Crippen LogP contribution in [0, 0.1) is 0 Å². The molecule has 1 saturated carbocycles. The second kappa shape index (κ2) is 10.3. The fourth-order valence-electron chi connectivity index (χ4n) is 3.51. The van der Waals surface area contributed by atoms with Crippen molar-refractivity contribution in [2.45, 2.75) is 56.3 Å². The number of carbonyl (C=O) groups is 2. The first-order valence-corrected chi connectivity index (χ1v) is 12.5. The first kappa shape index (κ1) is 23.9. The van der Waals surface area contributed by atoms with Crippen molar-refractivity contribution in [2.24, 2.45) is 0 Å². The molecule has 1 fully saturated rings. The Morgan fingerprint density at radius 2 is 1.66 bits per heavy atom. The minimum atomic E-state index is -3.49. The van der Waals surface area contributed by atoms with E-state index in [1.807, 2.05) is 19.1 Å². The first-order valence-electron chi connectivity index (χ1n) is 11.0. The van der Waals surface area contributed by atoms with E-state index in [0.717, 1.165) is 30.4 Å². The molecule has 2 aromatic rings. The monoisotopic (exact) mass is 458 g/mol. The van der Waals surface area contributed by atoms with Gasteiger partial charge in [-0.2, -0.15) is 0 Å². The van der Waals surface area contributed by atoms with Gasteiger partial charge in [0.15, 0.2) is 0 Å². The second-order valence-corrected chi connectivity index (χ2v) is 9.74. The van der Waals surface area contributed by atoms with Crippen molar-refractivity contribution in [3.63, 3.8) is 0 Å². The lowest BCUT2D eigenvalue weighted by Crippen LogP contribution is -2.24. The van der Waals surface area contributed by atoms with Gasteiger partial charge in [0, 0.05) is 18.7 Å². The van der Waals surface area contributed by atoms with Crippen LogP contribution in [0.15, 0.2) is 53.4 Å². The molecular formula is C24H30N2O5S. The Bertz CT molecular complexity index is 1040. The van der Waals surface area contributed by atoms with Gasteiger partial charge in [-0.15, -0.1) is 0 Å². The van der Waals surface area contributed by atoms with Crippen LogP contribution >= 0.6 is 0 Å². The normalized spacial score (nSPS) is 14.6. The maximum Gasteiger partial charge on any atom is 0.316 e. The van der Waals surface area contributed by atoms with Crippen LogP contribution in [-0.4, -0.2) is 33.4 Å². The number of ether oxygens (including phenoxy) is 1. The Morgan fingerprint density at radius 3 is 2.22 bits per heavy atom. The van der Waals surface area contributed by atoms with E-state index in [1.165, 1.54) is 0 Å². The highest BCUT2D eigenvalue weighted by Crippen LogP contribution is 2.49. The largest absolute Gasteiger partial charge is 0.465 e. The highest BCUT2D eigenvalue weighted by atomic mass is 32.2. The van der Waals surface area contributed by atoms with Crippen LogP contribution in [0.25, 0.3) is 0 Å². The Kier molecular flexibility index (Phi) is 7.69. The van der Waals surface area contributed by atoms with E-state index in [9.17, 15) is 18.0 Å². The van der Waals surface area contributed by atoms with Crippen LogP contribution in [0.5, 0.6) is 0 Å². The van der Waals surface area contributed by atoms with Gasteiger partial charge < -0.3 is 10.1 Å². The van der Waals surface area contributed by atoms with Gasteiger partial charge in [0.1, 0.15) is 0 Å². The molecule has 8 heteroatoms. The third-order valence-electron chi connectivity index (χ3n) is 5.55. The predicted octanol–water partition coefficient (Wildman–Crippen LogP) is 3.54. The first-order chi connectivity index (χ1) is 15.3. The Labute approximate surface area is 189 Å². The zero-order valence-electron chi connectivity index (χ0n) is 18.5. The van der Waals surface area contributed by atoms with Crippen molar-refractivity contribution in [2.75, 3.05) is 18.5 Å². The molecule has 0 radical (unpaired) electrons. The molecule has 0 saturated heterocycles. The lowest BCUT2D eigenvalue weighted by molar-refractivity contribution is -0.146. The van der Waals surface area contributed by atoms with Gasteiger partial charge in [0.2, 0.25) is 15.9 Å². The van der Waals surface area contributed by atoms with Crippen LogP contribution in [0.3, 0.4) is 0 Å². The van der Waals surface area contributed by atoms with Gasteiger partial charge in [-0.1, -0.05) is 31.2 Å². The lowest BCUT2D eigenvalue weighted by Gasteiger charge is -2.15. The number of hydrogen-bond donors (Lipinski definition) is 2. The molecule has 3 rings (SSSR count). The van der Waals surface area contributed by atoms with Crippen LogP contribution in [-0.2, 0) is 36.2 Å². The van der Waals surface area contributed by atoms with Crippen LogP contribution in [0.2, 0.25) is 0 Å². The minimum Gasteiger partial charge on any atom is -0.465 e. The smallest absolute Gasteiger partial charge is 0.316 e. The quantitative estimate of drug-likeness (QED) is 0.502. The van der Waals surface area contributed by atoms with Crippen LogP contribution in [0.4, 0.5) is 5.69 Å². The van der Waals surface area contributed by atoms with E-state index in [1.54, 1.807) is 43.3 Å². The van der Waals surface area contributed by atoms with Gasteiger partial charge in [0.05, 0.1) is 16.9 Å². The average molecular weight is 459 g/mol. The van der Waals surface area contributed by atoms with Crippen molar-refractivity contribution in [1.82, 2.24) is 4.72 Å². The van der Waals surface area contributed by atoms with E-state index < -0.39 is 15.4 Å². The highest BCUT2D eigenvalue weighted by Gasteiger charge is 2.52. The standard InChI is InChI=1S/C24H30N2O5S/c1-3-17-25-32(29,30)21-12-5-18(6-13-21)7-14-22(27)26-20-10-8-19(9-11-20)24(15-16-24)23(28)31-4-2/h5-6,8-13,25H,3-4,7,14-17H2,1-2H3,(H,26,27). The van der Waals surface area contributed by atoms with Gasteiger partial charge >= 0.3 is 5.97 Å². The summed E-state index contributed by atoms with van der Waals surface area (Å²) >= 11 is 0. The van der Waals surface area contributed by atoms with Crippen LogP contribution < -0.4 is 10.0 Å². The summed E-state index contributed by atoms with van der Waals surface area (Å²) in [5.74, 6) is -0.317. The summed E-state index contributed by atoms with van der Waals surface area (Å²) in [5, 5.41) is 2.86. The van der Waals surface area contributed by atoms with Crippen LogP contribution in [0.1, 0.15) is 50.7 Å². The molecule has 0 spiro atoms. The number of rotatable bonds is 11. The van der Waals surface area contributed by atoms with Crippen molar-refractivity contribution < 1.29 is 22.7 Å². The summed E-state index contributed by atoms with van der Waals surface area (Å²) in [4.78, 5) is 24.7. The van der Waals surface area contributed by atoms with Gasteiger partial charge in [-0.05, 0) is 68.0 Å². The molecule has 1 amide bonds. The van der Waals surface area contributed by atoms with E-state index >= 15 is 0 Å². The molecule has 0 bridgehead atoms. The lowest BCUT2D eigenvalue weighted by atomic mass is 9.96. The van der Waals surface area contributed by atoms with Crippen molar-refractivity contribution >= 4 is 27.6 Å². The topological polar surface area (TPSA) is 102 Å². The minimum absolute atomic E-state index is 0.134. The third-order valence-corrected chi connectivity index (χ3v) is 7.03. The molecule has 1 aliphatic rings. The maximum atomic E-state index is 12.3. The summed E-state index contributed by atoms with van der Waals surface area (Å²) in [6.07, 6.45) is 3.06. The zero-order chi connectivity index (χ0) is 23.2. The molecule has 2 aromatic carbocycles. The second-order valence-electron chi connectivity index (χ2n) is 7.97. The molecule has 7 nitrogen and oxygen atoms in total. The van der Waals surface area contributed by atoms with Gasteiger partial charge in [-0.3, -0.25) is 9.59 Å². The number of benzene rings is 2. The molecular weight excluding hydrogens is 428 g/mol. The summed E-state index contributed by atoms with van der Waals surface area (Å²) in [5.41, 5.74) is 1.94. The summed E-state index contributed by atoms with van der Waals surface area (Å²) in [7, 11) is -3.49. The molecule has 0 atom stereocenters. The summed E-state index contributed by atoms with van der Waals surface area (Å²) in [6, 6.07) is 13.9. The van der Waals surface area contributed by atoms with Crippen molar-refractivity contribution in [3.05, 3.63) is 59.7 Å². The highest BCUT2D eigenvalue weighted by molar-refractivity contribution is 7.89. The third kappa shape index (κ3) is 5.75. The number of esters is 1. The molecule has 0 heterocycles. The Balaban J connectivity index is 1.51. The number of aryl methyl sites for hydroxylation is 1. The summed E-state index contributed by atoms with van der Waals surface area (Å²) in [6.45, 7) is 4.46. The molecule has 0 unspecified atom stereocenters. The zero-order valence-corrected chi connectivity index (χ0v) is 19.3. The fourth-order valence-corrected chi connectivity index (χ4v) is 4.65. The van der Waals surface area contributed by atoms with Gasteiger partial charge in [-0.25, -0.2) is 13.1 Å². The van der Waals surface area contributed by atoms with Gasteiger partial charge in [0.25, 0.3) is 0 Å². The Morgan fingerprint density at radius 1 is 1.00 bits per heavy atom. The van der Waals surface area contributed by atoms with Crippen molar-refractivity contribution in [3.8, 4) is 0 Å². The molecule has 0 aromatic heterocycles. The predicted molar refractivity (Wildman–Crippen MR) is 123 cm³/mol. The molecule has 172 valence electrons. The number of carbonyl (C=O) groups excluding carboxylic acids is 2. The molecule has 1 aliphatic carbocycles. The average Bonchev–Trinajstić information content (AvgIpc) is 3.59. The maximum absolute atomic E-state index is 12.3. The van der Waals surface area contributed by atoms with Crippen molar-refractivity contribution in [1.29, 1.82) is 0 Å². The van der Waals surface area contributed by atoms with E-state index in [2.05, 4.69) is 10.0 Å². The Hall–Kier alpha value is -2.71. The number of sulfonamides is 1. The SMILES string of the molecule is CCCNS(=O)(=O)c1ccc(CCC(=O)Nc2ccc(C3(C(=O)OCC)CC3)cc2)cc1. The number of anilines is 1. The fraction of sp³-hybridized carbons (Fsp3) is 0.417. The number of nitrogens with one attached hydrogen (secondary N) is 2. The number of hydrogen-bond acceptors (Lipinski definition) is 5. The molecule has 0 aliphatic heterocycles. The van der Waals surface area contributed by atoms with E-state index in [4.69, 9.17) is 4.74 Å². The molecule has 2 N–H and O–H groups in total. The van der Waals surface area contributed by atoms with E-state index in [-0.39, 0.29) is 23.2 Å². The molecule has 32 heavy (non-hydrogen) atoms. The van der Waals surface area contributed by atoms with E-state index in [0.29, 0.717) is 25.3 Å². The number of amides is 1. The summed E-state index contributed by atoms with van der Waals surface area (Å²) < 4.78 is 32.0.